The molecular formula is C20H16F2N2OS. The molecule has 3 nitrogen and oxygen atoms in total. The van der Waals surface area contributed by atoms with E-state index in [0.29, 0.717) is 41.2 Å². The first-order chi connectivity index (χ1) is 12.5. The molecule has 1 aliphatic heterocycles. The van der Waals surface area contributed by atoms with Gasteiger partial charge in [-0.05, 0) is 31.4 Å². The minimum atomic E-state index is -0.938. The van der Waals surface area contributed by atoms with Gasteiger partial charge in [0.25, 0.3) is 5.91 Å². The average Bonchev–Trinajstić information content (AvgIpc) is 3.04. The van der Waals surface area contributed by atoms with E-state index in [0.717, 1.165) is 16.6 Å². The second-order valence-corrected chi connectivity index (χ2v) is 7.44. The van der Waals surface area contributed by atoms with Crippen molar-refractivity contribution in [3.8, 4) is 11.3 Å². The molecule has 132 valence electrons. The Morgan fingerprint density at radius 2 is 1.88 bits per heavy atom. The van der Waals surface area contributed by atoms with Gasteiger partial charge in [0.05, 0.1) is 16.4 Å². The van der Waals surface area contributed by atoms with E-state index in [1.54, 1.807) is 4.90 Å². The van der Waals surface area contributed by atoms with Crippen LogP contribution in [0.4, 0.5) is 14.5 Å². The average molecular weight is 370 g/mol. The van der Waals surface area contributed by atoms with Crippen LogP contribution in [0.3, 0.4) is 0 Å². The first-order valence-corrected chi connectivity index (χ1v) is 9.19. The minimum Gasteiger partial charge on any atom is -0.307 e. The smallest absolute Gasteiger partial charge is 0.270 e. The van der Waals surface area contributed by atoms with E-state index in [4.69, 9.17) is 0 Å². The number of aromatic nitrogens is 1. The molecule has 0 radical (unpaired) electrons. The van der Waals surface area contributed by atoms with Crippen molar-refractivity contribution in [2.45, 2.75) is 19.8 Å². The standard InChI is InChI=1S/C20H16F2N2OS/c1-12-23-18(13-6-3-2-4-7-13)19(26-12)20(25)24-9-5-8-14-10-15(21)16(22)11-17(14)24/h2-4,6-7,10-11H,5,8-9H2,1H3. The zero-order valence-corrected chi connectivity index (χ0v) is 14.9. The van der Waals surface area contributed by atoms with Crippen molar-refractivity contribution < 1.29 is 13.6 Å². The Balaban J connectivity index is 1.78. The lowest BCUT2D eigenvalue weighted by molar-refractivity contribution is 0.0989. The van der Waals surface area contributed by atoms with Gasteiger partial charge in [-0.15, -0.1) is 11.3 Å². The molecule has 1 amide bonds. The molecule has 26 heavy (non-hydrogen) atoms. The minimum absolute atomic E-state index is 0.221. The Morgan fingerprint density at radius 3 is 2.65 bits per heavy atom. The van der Waals surface area contributed by atoms with Crippen molar-refractivity contribution in [3.63, 3.8) is 0 Å². The Bertz CT molecular complexity index is 985. The molecule has 0 saturated heterocycles. The zero-order chi connectivity index (χ0) is 18.3. The Hall–Kier alpha value is -2.60. The summed E-state index contributed by atoms with van der Waals surface area (Å²) in [4.78, 5) is 19.8. The van der Waals surface area contributed by atoms with Gasteiger partial charge in [-0.1, -0.05) is 30.3 Å². The van der Waals surface area contributed by atoms with E-state index in [2.05, 4.69) is 4.98 Å². The van der Waals surface area contributed by atoms with Gasteiger partial charge in [0.1, 0.15) is 4.88 Å². The van der Waals surface area contributed by atoms with E-state index in [-0.39, 0.29) is 5.91 Å². The summed E-state index contributed by atoms with van der Waals surface area (Å²) in [5.74, 6) is -2.04. The maximum atomic E-state index is 13.8. The van der Waals surface area contributed by atoms with Crippen LogP contribution >= 0.6 is 11.3 Å². The quantitative estimate of drug-likeness (QED) is 0.637. The molecule has 0 unspecified atom stereocenters. The molecule has 0 N–H and O–H groups in total. The van der Waals surface area contributed by atoms with E-state index in [9.17, 15) is 13.6 Å². The van der Waals surface area contributed by atoms with Crippen molar-refractivity contribution in [2.75, 3.05) is 11.4 Å². The van der Waals surface area contributed by atoms with Crippen molar-refractivity contribution >= 4 is 22.9 Å². The number of aryl methyl sites for hydroxylation is 2. The molecule has 0 bridgehead atoms. The highest BCUT2D eigenvalue weighted by Gasteiger charge is 2.29. The van der Waals surface area contributed by atoms with Crippen LogP contribution in [-0.2, 0) is 6.42 Å². The normalized spacial score (nSPS) is 13.6. The number of anilines is 1. The van der Waals surface area contributed by atoms with E-state index >= 15 is 0 Å². The monoisotopic (exact) mass is 370 g/mol. The summed E-state index contributed by atoms with van der Waals surface area (Å²) >= 11 is 1.32. The first-order valence-electron chi connectivity index (χ1n) is 8.37. The molecule has 1 aromatic heterocycles. The van der Waals surface area contributed by atoms with Crippen LogP contribution < -0.4 is 4.90 Å². The van der Waals surface area contributed by atoms with Gasteiger partial charge in [0.2, 0.25) is 0 Å². The van der Waals surface area contributed by atoms with Crippen LogP contribution in [-0.4, -0.2) is 17.4 Å². The number of rotatable bonds is 2. The molecule has 0 saturated carbocycles. The lowest BCUT2D eigenvalue weighted by Crippen LogP contribution is -2.35. The van der Waals surface area contributed by atoms with E-state index in [1.807, 2.05) is 37.3 Å². The molecule has 0 atom stereocenters. The summed E-state index contributed by atoms with van der Waals surface area (Å²) in [6.07, 6.45) is 1.34. The van der Waals surface area contributed by atoms with Crippen molar-refractivity contribution in [1.82, 2.24) is 4.98 Å². The van der Waals surface area contributed by atoms with Crippen molar-refractivity contribution in [1.29, 1.82) is 0 Å². The van der Waals surface area contributed by atoms with E-state index in [1.165, 1.54) is 17.4 Å². The highest BCUT2D eigenvalue weighted by atomic mass is 32.1. The number of hydrogen-bond donors (Lipinski definition) is 0. The first kappa shape index (κ1) is 16.8. The Kier molecular flexibility index (Phi) is 4.28. The topological polar surface area (TPSA) is 33.2 Å². The molecule has 2 aromatic carbocycles. The number of carbonyl (C=O) groups is 1. The number of amides is 1. The van der Waals surface area contributed by atoms with Gasteiger partial charge >= 0.3 is 0 Å². The highest BCUT2D eigenvalue weighted by Crippen LogP contribution is 2.34. The highest BCUT2D eigenvalue weighted by molar-refractivity contribution is 7.14. The molecule has 4 rings (SSSR count). The maximum absolute atomic E-state index is 13.8. The predicted molar refractivity (Wildman–Crippen MR) is 98.6 cm³/mol. The second kappa shape index (κ2) is 6.61. The van der Waals surface area contributed by atoms with Gasteiger partial charge in [-0.3, -0.25) is 4.79 Å². The van der Waals surface area contributed by atoms with Crippen LogP contribution in [0.5, 0.6) is 0 Å². The predicted octanol–water partition coefficient (Wildman–Crippen LogP) is 4.99. The molecule has 2 heterocycles. The van der Waals surface area contributed by atoms with Crippen LogP contribution in [0.1, 0.15) is 26.7 Å². The number of fused-ring (bicyclic) bond motifs is 1. The summed E-state index contributed by atoms with van der Waals surface area (Å²) in [6.45, 7) is 2.33. The molecule has 3 aromatic rings. The fourth-order valence-corrected chi connectivity index (χ4v) is 4.16. The van der Waals surface area contributed by atoms with Crippen molar-refractivity contribution in [3.05, 3.63) is 69.5 Å². The van der Waals surface area contributed by atoms with Crippen LogP contribution in [0.2, 0.25) is 0 Å². The molecule has 6 heteroatoms. The number of carbonyl (C=O) groups excluding carboxylic acids is 1. The Morgan fingerprint density at radius 1 is 1.15 bits per heavy atom. The third-order valence-electron chi connectivity index (χ3n) is 4.46. The summed E-state index contributed by atoms with van der Waals surface area (Å²) in [5.41, 5.74) is 2.60. The third kappa shape index (κ3) is 2.90. The summed E-state index contributed by atoms with van der Waals surface area (Å²) < 4.78 is 27.3. The molecule has 0 aliphatic carbocycles. The van der Waals surface area contributed by atoms with Gasteiger partial charge in [0, 0.05) is 18.2 Å². The van der Waals surface area contributed by atoms with Gasteiger partial charge in [-0.2, -0.15) is 0 Å². The summed E-state index contributed by atoms with van der Waals surface area (Å²) in [5, 5.41) is 0.787. The fraction of sp³-hybridized carbons (Fsp3) is 0.200. The van der Waals surface area contributed by atoms with Gasteiger partial charge < -0.3 is 4.90 Å². The molecule has 1 aliphatic rings. The third-order valence-corrected chi connectivity index (χ3v) is 5.42. The summed E-state index contributed by atoms with van der Waals surface area (Å²) in [6, 6.07) is 11.8. The lowest BCUT2D eigenvalue weighted by Gasteiger charge is -2.29. The number of benzene rings is 2. The fourth-order valence-electron chi connectivity index (χ4n) is 3.27. The van der Waals surface area contributed by atoms with Crippen LogP contribution in [0.25, 0.3) is 11.3 Å². The number of halogens is 2. The Labute approximate surface area is 153 Å². The van der Waals surface area contributed by atoms with Crippen LogP contribution in [0, 0.1) is 18.6 Å². The zero-order valence-electron chi connectivity index (χ0n) is 14.1. The number of hydrogen-bond acceptors (Lipinski definition) is 3. The largest absolute Gasteiger partial charge is 0.307 e. The van der Waals surface area contributed by atoms with Crippen molar-refractivity contribution in [2.24, 2.45) is 0 Å². The van der Waals surface area contributed by atoms with Crippen LogP contribution in [0.15, 0.2) is 42.5 Å². The maximum Gasteiger partial charge on any atom is 0.270 e. The summed E-state index contributed by atoms with van der Waals surface area (Å²) in [7, 11) is 0. The second-order valence-electron chi connectivity index (χ2n) is 6.23. The number of nitrogens with zero attached hydrogens (tertiary/aromatic N) is 2. The SMILES string of the molecule is Cc1nc(-c2ccccc2)c(C(=O)N2CCCc3cc(F)c(F)cc32)s1. The molecular weight excluding hydrogens is 354 g/mol. The molecule has 0 spiro atoms. The molecule has 0 fully saturated rings. The number of thiazole rings is 1. The van der Waals surface area contributed by atoms with E-state index < -0.39 is 11.6 Å². The lowest BCUT2D eigenvalue weighted by atomic mass is 10.0. The van der Waals surface area contributed by atoms with Gasteiger partial charge in [-0.25, -0.2) is 13.8 Å². The van der Waals surface area contributed by atoms with Gasteiger partial charge in [0.15, 0.2) is 11.6 Å².